The van der Waals surface area contributed by atoms with Crippen molar-refractivity contribution in [2.24, 2.45) is 0 Å². The molecule has 0 aliphatic carbocycles. The zero-order valence-electron chi connectivity index (χ0n) is 10.7. The summed E-state index contributed by atoms with van der Waals surface area (Å²) >= 11 is 0. The molecular formula is C14H18N2O3. The Morgan fingerprint density at radius 2 is 2.16 bits per heavy atom. The maximum absolute atomic E-state index is 12.2. The molecule has 2 rings (SSSR count). The molecule has 5 nitrogen and oxygen atoms in total. The van der Waals surface area contributed by atoms with Gasteiger partial charge < -0.3 is 15.7 Å². The van der Waals surface area contributed by atoms with Crippen LogP contribution in [0.4, 0.5) is 5.69 Å². The summed E-state index contributed by atoms with van der Waals surface area (Å²) in [5.41, 5.74) is 7.10. The highest BCUT2D eigenvalue weighted by Gasteiger charge is 2.31. The number of anilines is 1. The van der Waals surface area contributed by atoms with Crippen LogP contribution in [0.3, 0.4) is 0 Å². The predicted octanol–water partition coefficient (Wildman–Crippen LogP) is 1.28. The Balaban J connectivity index is 2.07. The van der Waals surface area contributed by atoms with Crippen molar-refractivity contribution in [2.75, 3.05) is 12.3 Å². The van der Waals surface area contributed by atoms with Gasteiger partial charge in [0, 0.05) is 12.2 Å². The smallest absolute Gasteiger partial charge is 0.326 e. The van der Waals surface area contributed by atoms with E-state index in [0.717, 1.165) is 18.4 Å². The molecule has 0 radical (unpaired) electrons. The highest BCUT2D eigenvalue weighted by molar-refractivity contribution is 5.85. The molecule has 1 atom stereocenters. The van der Waals surface area contributed by atoms with Crippen molar-refractivity contribution >= 4 is 17.6 Å². The predicted molar refractivity (Wildman–Crippen MR) is 71.5 cm³/mol. The van der Waals surface area contributed by atoms with Crippen molar-refractivity contribution in [1.82, 2.24) is 4.90 Å². The topological polar surface area (TPSA) is 83.6 Å². The number of carbonyl (C=O) groups excluding carboxylic acids is 1. The molecule has 0 bridgehead atoms. The Kier molecular flexibility index (Phi) is 4.04. The number of carbonyl (C=O) groups is 2. The molecule has 0 saturated carbocycles. The zero-order chi connectivity index (χ0) is 13.8. The van der Waals surface area contributed by atoms with Crippen LogP contribution >= 0.6 is 0 Å². The number of carboxylic acids is 1. The van der Waals surface area contributed by atoms with E-state index in [1.807, 2.05) is 6.07 Å². The fourth-order valence-corrected chi connectivity index (χ4v) is 2.47. The Labute approximate surface area is 112 Å². The molecule has 1 fully saturated rings. The third-order valence-corrected chi connectivity index (χ3v) is 3.41. The fraction of sp³-hybridized carbons (Fsp3) is 0.429. The van der Waals surface area contributed by atoms with Gasteiger partial charge in [0.15, 0.2) is 0 Å². The molecule has 102 valence electrons. The lowest BCUT2D eigenvalue weighted by atomic mass is 10.0. The first-order valence-electron chi connectivity index (χ1n) is 6.44. The van der Waals surface area contributed by atoms with Crippen LogP contribution in [-0.4, -0.2) is 34.5 Å². The lowest BCUT2D eigenvalue weighted by molar-refractivity contribution is -0.151. The zero-order valence-corrected chi connectivity index (χ0v) is 10.7. The number of nitrogens with zero attached hydrogens (tertiary/aromatic N) is 1. The number of hydrogen-bond acceptors (Lipinski definition) is 3. The number of amides is 1. The molecule has 1 aliphatic rings. The molecule has 19 heavy (non-hydrogen) atoms. The lowest BCUT2D eigenvalue weighted by Crippen LogP contribution is -2.48. The van der Waals surface area contributed by atoms with Gasteiger partial charge in [0.1, 0.15) is 6.04 Å². The van der Waals surface area contributed by atoms with Crippen LogP contribution in [0.1, 0.15) is 24.8 Å². The van der Waals surface area contributed by atoms with Crippen molar-refractivity contribution in [1.29, 1.82) is 0 Å². The largest absolute Gasteiger partial charge is 0.480 e. The van der Waals surface area contributed by atoms with E-state index >= 15 is 0 Å². The lowest BCUT2D eigenvalue weighted by Gasteiger charge is -2.33. The molecule has 0 unspecified atom stereocenters. The molecular weight excluding hydrogens is 244 g/mol. The van der Waals surface area contributed by atoms with Gasteiger partial charge in [0.2, 0.25) is 5.91 Å². The first-order chi connectivity index (χ1) is 9.08. The fourth-order valence-electron chi connectivity index (χ4n) is 2.47. The monoisotopic (exact) mass is 262 g/mol. The van der Waals surface area contributed by atoms with Crippen molar-refractivity contribution in [2.45, 2.75) is 31.7 Å². The minimum Gasteiger partial charge on any atom is -0.480 e. The van der Waals surface area contributed by atoms with E-state index in [9.17, 15) is 9.59 Å². The van der Waals surface area contributed by atoms with Crippen LogP contribution in [0.2, 0.25) is 0 Å². The van der Waals surface area contributed by atoms with Crippen LogP contribution in [0.25, 0.3) is 0 Å². The first kappa shape index (κ1) is 13.4. The summed E-state index contributed by atoms with van der Waals surface area (Å²) in [5, 5.41) is 9.15. The van der Waals surface area contributed by atoms with Gasteiger partial charge in [-0.15, -0.1) is 0 Å². The minimum absolute atomic E-state index is 0.141. The van der Waals surface area contributed by atoms with Gasteiger partial charge in [0.25, 0.3) is 0 Å². The normalized spacial score (nSPS) is 19.2. The van der Waals surface area contributed by atoms with Gasteiger partial charge in [-0.1, -0.05) is 12.1 Å². The van der Waals surface area contributed by atoms with Crippen molar-refractivity contribution in [3.63, 3.8) is 0 Å². The van der Waals surface area contributed by atoms with Crippen LogP contribution in [-0.2, 0) is 16.0 Å². The van der Waals surface area contributed by atoms with Crippen molar-refractivity contribution in [3.8, 4) is 0 Å². The summed E-state index contributed by atoms with van der Waals surface area (Å²) in [6.45, 7) is 0.526. The quantitative estimate of drug-likeness (QED) is 0.804. The third kappa shape index (κ3) is 3.24. The molecule has 0 aromatic heterocycles. The van der Waals surface area contributed by atoms with Crippen LogP contribution in [0, 0.1) is 0 Å². The summed E-state index contributed by atoms with van der Waals surface area (Å²) in [7, 11) is 0. The number of likely N-dealkylation sites (tertiary alicyclic amines) is 1. The SMILES string of the molecule is Nc1cccc(CC(=O)N2CCCC[C@@H]2C(=O)O)c1. The Hall–Kier alpha value is -2.04. The Bertz CT molecular complexity index is 487. The van der Waals surface area contributed by atoms with Crippen molar-refractivity contribution in [3.05, 3.63) is 29.8 Å². The number of aliphatic carboxylic acids is 1. The second-order valence-electron chi connectivity index (χ2n) is 4.86. The second kappa shape index (κ2) is 5.73. The number of carboxylic acid groups (broad SMARTS) is 1. The maximum atomic E-state index is 12.2. The molecule has 1 saturated heterocycles. The van der Waals surface area contributed by atoms with E-state index in [2.05, 4.69) is 0 Å². The third-order valence-electron chi connectivity index (χ3n) is 3.41. The molecule has 1 aliphatic heterocycles. The van der Waals surface area contributed by atoms with Crippen LogP contribution < -0.4 is 5.73 Å². The standard InChI is InChI=1S/C14H18N2O3/c15-11-5-3-4-10(8-11)9-13(17)16-7-2-1-6-12(16)14(18)19/h3-5,8,12H,1-2,6-7,9,15H2,(H,18,19)/t12-/m1/s1. The number of hydrogen-bond donors (Lipinski definition) is 2. The van der Waals surface area contributed by atoms with Gasteiger partial charge in [-0.3, -0.25) is 4.79 Å². The van der Waals surface area contributed by atoms with Gasteiger partial charge in [-0.2, -0.15) is 0 Å². The van der Waals surface area contributed by atoms with E-state index in [1.54, 1.807) is 18.2 Å². The number of nitrogen functional groups attached to an aromatic ring is 1. The highest BCUT2D eigenvalue weighted by Crippen LogP contribution is 2.19. The molecule has 1 aromatic carbocycles. The average Bonchev–Trinajstić information content (AvgIpc) is 2.38. The van der Waals surface area contributed by atoms with Gasteiger partial charge >= 0.3 is 5.97 Å². The van der Waals surface area contributed by atoms with Crippen LogP contribution in [0.5, 0.6) is 0 Å². The van der Waals surface area contributed by atoms with Crippen molar-refractivity contribution < 1.29 is 14.7 Å². The summed E-state index contributed by atoms with van der Waals surface area (Å²) in [6, 6.07) is 6.45. The molecule has 1 heterocycles. The first-order valence-corrected chi connectivity index (χ1v) is 6.44. The second-order valence-corrected chi connectivity index (χ2v) is 4.86. The molecule has 1 amide bonds. The number of piperidine rings is 1. The molecule has 5 heteroatoms. The Morgan fingerprint density at radius 1 is 1.37 bits per heavy atom. The number of rotatable bonds is 3. The van der Waals surface area contributed by atoms with Gasteiger partial charge in [-0.25, -0.2) is 4.79 Å². The molecule has 3 N–H and O–H groups in total. The maximum Gasteiger partial charge on any atom is 0.326 e. The van der Waals surface area contributed by atoms with E-state index in [1.165, 1.54) is 4.90 Å². The van der Waals surface area contributed by atoms with Gasteiger partial charge in [0.05, 0.1) is 6.42 Å². The van der Waals surface area contributed by atoms with E-state index in [-0.39, 0.29) is 12.3 Å². The summed E-state index contributed by atoms with van der Waals surface area (Å²) < 4.78 is 0. The Morgan fingerprint density at radius 3 is 2.84 bits per heavy atom. The van der Waals surface area contributed by atoms with E-state index < -0.39 is 12.0 Å². The number of nitrogens with two attached hydrogens (primary N) is 1. The summed E-state index contributed by atoms with van der Waals surface area (Å²) in [6.07, 6.45) is 2.47. The average molecular weight is 262 g/mol. The molecule has 0 spiro atoms. The summed E-state index contributed by atoms with van der Waals surface area (Å²) in [5.74, 6) is -1.06. The molecule has 1 aromatic rings. The summed E-state index contributed by atoms with van der Waals surface area (Å²) in [4.78, 5) is 24.9. The van der Waals surface area contributed by atoms with E-state index in [4.69, 9.17) is 10.8 Å². The van der Waals surface area contributed by atoms with Crippen LogP contribution in [0.15, 0.2) is 24.3 Å². The minimum atomic E-state index is -0.916. The highest BCUT2D eigenvalue weighted by atomic mass is 16.4. The van der Waals surface area contributed by atoms with E-state index in [0.29, 0.717) is 18.7 Å². The van der Waals surface area contributed by atoms with Gasteiger partial charge in [-0.05, 0) is 37.0 Å². The number of benzene rings is 1.